The molecule has 0 aliphatic heterocycles. The molecule has 2 aromatic rings. The summed E-state index contributed by atoms with van der Waals surface area (Å²) in [6.45, 7) is 0.195. The Labute approximate surface area is 192 Å². The lowest BCUT2D eigenvalue weighted by atomic mass is 9.98. The first kappa shape index (κ1) is 21.5. The first-order valence-corrected chi connectivity index (χ1v) is 11.6. The number of aliphatic carboxylic acids is 1. The quantitative estimate of drug-likeness (QED) is 0.597. The molecule has 7 heteroatoms. The summed E-state index contributed by atoms with van der Waals surface area (Å²) in [6.07, 6.45) is 3.03. The number of rotatable bonds is 7. The third-order valence-electron chi connectivity index (χ3n) is 7.28. The zero-order chi connectivity index (χ0) is 23.0. The fourth-order valence-electron chi connectivity index (χ4n) is 5.37. The van der Waals surface area contributed by atoms with Crippen LogP contribution in [-0.4, -0.2) is 41.3 Å². The third-order valence-corrected chi connectivity index (χ3v) is 7.28. The van der Waals surface area contributed by atoms with Crippen molar-refractivity contribution in [3.05, 3.63) is 59.7 Å². The van der Waals surface area contributed by atoms with Crippen LogP contribution in [0.25, 0.3) is 11.1 Å². The zero-order valence-electron chi connectivity index (χ0n) is 18.4. The number of carbonyl (C=O) groups is 3. The molecule has 3 N–H and O–H groups in total. The van der Waals surface area contributed by atoms with Crippen LogP contribution in [0.15, 0.2) is 48.5 Å². The highest BCUT2D eigenvalue weighted by Crippen LogP contribution is 2.44. The number of carbonyl (C=O) groups excluding carboxylic acids is 2. The van der Waals surface area contributed by atoms with E-state index in [0.717, 1.165) is 41.5 Å². The minimum Gasteiger partial charge on any atom is -0.481 e. The van der Waals surface area contributed by atoms with E-state index in [9.17, 15) is 14.4 Å². The maximum Gasteiger partial charge on any atom is 0.408 e. The summed E-state index contributed by atoms with van der Waals surface area (Å²) in [7, 11) is 0. The van der Waals surface area contributed by atoms with Crippen molar-refractivity contribution in [3.8, 4) is 11.1 Å². The van der Waals surface area contributed by atoms with Gasteiger partial charge in [-0.1, -0.05) is 55.0 Å². The Hall–Kier alpha value is -3.35. The van der Waals surface area contributed by atoms with Gasteiger partial charge in [0.15, 0.2) is 0 Å². The third kappa shape index (κ3) is 4.19. The molecule has 0 heterocycles. The standard InChI is InChI=1S/C26H28N2O5/c29-23(30)14-16-6-5-11-22(16)27-24(31)26(12-13-26)28-25(32)33-15-21-19-9-3-1-7-17(19)18-8-2-4-10-20(18)21/h1-4,7-10,16,21-22H,5-6,11-15H2,(H,27,31)(H,28,32)(H,29,30)/t16-,22+/m0/s1. The maximum absolute atomic E-state index is 12.9. The molecule has 2 aromatic carbocycles. The molecular weight excluding hydrogens is 420 g/mol. The summed E-state index contributed by atoms with van der Waals surface area (Å²) in [5.41, 5.74) is 3.64. The van der Waals surface area contributed by atoms with Crippen molar-refractivity contribution in [2.24, 2.45) is 5.92 Å². The Balaban J connectivity index is 1.20. The van der Waals surface area contributed by atoms with Gasteiger partial charge in [0.25, 0.3) is 0 Å². The molecule has 3 aliphatic carbocycles. The van der Waals surface area contributed by atoms with Gasteiger partial charge in [-0.25, -0.2) is 4.79 Å². The Morgan fingerprint density at radius 1 is 0.970 bits per heavy atom. The molecule has 7 nitrogen and oxygen atoms in total. The lowest BCUT2D eigenvalue weighted by Crippen LogP contribution is -2.52. The fourth-order valence-corrected chi connectivity index (χ4v) is 5.37. The van der Waals surface area contributed by atoms with E-state index in [-0.39, 0.29) is 36.8 Å². The lowest BCUT2D eigenvalue weighted by Gasteiger charge is -2.24. The van der Waals surface area contributed by atoms with E-state index in [0.29, 0.717) is 12.8 Å². The summed E-state index contributed by atoms with van der Waals surface area (Å²) >= 11 is 0. The van der Waals surface area contributed by atoms with E-state index in [1.807, 2.05) is 24.3 Å². The Morgan fingerprint density at radius 3 is 2.21 bits per heavy atom. The number of benzene rings is 2. The number of hydrogen-bond acceptors (Lipinski definition) is 4. The van der Waals surface area contributed by atoms with Crippen LogP contribution in [-0.2, 0) is 14.3 Å². The van der Waals surface area contributed by atoms with Crippen LogP contribution in [0.5, 0.6) is 0 Å². The molecule has 0 aromatic heterocycles. The molecule has 5 rings (SSSR count). The number of carboxylic acids is 1. The number of alkyl carbamates (subject to hydrolysis) is 1. The summed E-state index contributed by atoms with van der Waals surface area (Å²) in [5.74, 6) is -1.18. The molecule has 2 saturated carbocycles. The monoisotopic (exact) mass is 448 g/mol. The van der Waals surface area contributed by atoms with Gasteiger partial charge in [0, 0.05) is 12.0 Å². The zero-order valence-corrected chi connectivity index (χ0v) is 18.4. The van der Waals surface area contributed by atoms with Crippen molar-refractivity contribution in [2.75, 3.05) is 6.61 Å². The van der Waals surface area contributed by atoms with E-state index in [1.54, 1.807) is 0 Å². The molecule has 172 valence electrons. The fraction of sp³-hybridized carbons (Fsp3) is 0.423. The first-order valence-electron chi connectivity index (χ1n) is 11.6. The summed E-state index contributed by atoms with van der Waals surface area (Å²) in [4.78, 5) is 36.6. The van der Waals surface area contributed by atoms with Gasteiger partial charge in [0.1, 0.15) is 12.1 Å². The van der Waals surface area contributed by atoms with Gasteiger partial charge in [-0.05, 0) is 53.9 Å². The van der Waals surface area contributed by atoms with Crippen molar-refractivity contribution < 1.29 is 24.2 Å². The summed E-state index contributed by atoms with van der Waals surface area (Å²) in [6, 6.07) is 16.1. The summed E-state index contributed by atoms with van der Waals surface area (Å²) < 4.78 is 5.60. The van der Waals surface area contributed by atoms with Crippen molar-refractivity contribution in [3.63, 3.8) is 0 Å². The highest BCUT2D eigenvalue weighted by Gasteiger charge is 2.52. The number of carboxylic acid groups (broad SMARTS) is 1. The van der Waals surface area contributed by atoms with Crippen molar-refractivity contribution in [1.82, 2.24) is 10.6 Å². The van der Waals surface area contributed by atoms with Crippen LogP contribution in [0.1, 0.15) is 55.6 Å². The normalized spacial score (nSPS) is 22.2. The number of amides is 2. The van der Waals surface area contributed by atoms with Crippen LogP contribution >= 0.6 is 0 Å². The van der Waals surface area contributed by atoms with E-state index in [4.69, 9.17) is 9.84 Å². The van der Waals surface area contributed by atoms with Crippen molar-refractivity contribution in [1.29, 1.82) is 0 Å². The van der Waals surface area contributed by atoms with Crippen LogP contribution in [0.4, 0.5) is 4.79 Å². The molecule has 3 aliphatic rings. The molecule has 33 heavy (non-hydrogen) atoms. The average molecular weight is 449 g/mol. The highest BCUT2D eigenvalue weighted by atomic mass is 16.5. The van der Waals surface area contributed by atoms with E-state index in [2.05, 4.69) is 34.9 Å². The van der Waals surface area contributed by atoms with Crippen LogP contribution in [0, 0.1) is 5.92 Å². The van der Waals surface area contributed by atoms with E-state index < -0.39 is 17.6 Å². The molecule has 0 spiro atoms. The van der Waals surface area contributed by atoms with Crippen molar-refractivity contribution in [2.45, 2.75) is 56.0 Å². The molecule has 0 unspecified atom stereocenters. The Bertz CT molecular complexity index is 1050. The number of hydrogen-bond donors (Lipinski definition) is 3. The van der Waals surface area contributed by atoms with Gasteiger partial charge in [-0.15, -0.1) is 0 Å². The number of fused-ring (bicyclic) bond motifs is 3. The molecule has 0 bridgehead atoms. The van der Waals surface area contributed by atoms with Gasteiger partial charge < -0.3 is 20.5 Å². The molecule has 0 radical (unpaired) electrons. The Kier molecular flexibility index (Phi) is 5.56. The van der Waals surface area contributed by atoms with E-state index >= 15 is 0 Å². The SMILES string of the molecule is O=C(O)C[C@@H]1CCC[C@H]1NC(=O)C1(NC(=O)OCC2c3ccccc3-c3ccccc32)CC1. The largest absolute Gasteiger partial charge is 0.481 e. The minimum absolute atomic E-state index is 0.0394. The molecule has 0 saturated heterocycles. The topological polar surface area (TPSA) is 105 Å². The minimum atomic E-state index is -0.945. The van der Waals surface area contributed by atoms with Crippen molar-refractivity contribution >= 4 is 18.0 Å². The second-order valence-corrected chi connectivity index (χ2v) is 9.40. The predicted octanol–water partition coefficient (Wildman–Crippen LogP) is 3.82. The van der Waals surface area contributed by atoms with Gasteiger partial charge in [-0.2, -0.15) is 0 Å². The Morgan fingerprint density at radius 2 is 1.61 bits per heavy atom. The van der Waals surface area contributed by atoms with Gasteiger partial charge in [-0.3, -0.25) is 9.59 Å². The smallest absolute Gasteiger partial charge is 0.408 e. The average Bonchev–Trinajstić information content (AvgIpc) is 3.35. The van der Waals surface area contributed by atoms with Gasteiger partial charge in [0.05, 0.1) is 6.42 Å². The molecule has 2 amide bonds. The second kappa shape index (κ2) is 8.54. The predicted molar refractivity (Wildman–Crippen MR) is 122 cm³/mol. The van der Waals surface area contributed by atoms with Crippen LogP contribution in [0.2, 0.25) is 0 Å². The molecule has 2 fully saturated rings. The van der Waals surface area contributed by atoms with Gasteiger partial charge >= 0.3 is 12.1 Å². The molecule has 2 atom stereocenters. The first-order chi connectivity index (χ1) is 16.0. The van der Waals surface area contributed by atoms with Crippen LogP contribution in [0.3, 0.4) is 0 Å². The second-order valence-electron chi connectivity index (χ2n) is 9.40. The van der Waals surface area contributed by atoms with Gasteiger partial charge in [0.2, 0.25) is 5.91 Å². The summed E-state index contributed by atoms with van der Waals surface area (Å²) in [5, 5.41) is 14.9. The highest BCUT2D eigenvalue weighted by molar-refractivity contribution is 5.93. The molecular formula is C26H28N2O5. The number of nitrogens with one attached hydrogen (secondary N) is 2. The van der Waals surface area contributed by atoms with Crippen LogP contribution < -0.4 is 10.6 Å². The maximum atomic E-state index is 12.9. The lowest BCUT2D eigenvalue weighted by molar-refractivity contribution is -0.138. The van der Waals surface area contributed by atoms with E-state index in [1.165, 1.54) is 0 Å². The number of ether oxygens (including phenoxy) is 1.